The average Bonchev–Trinajstić information content (AvgIpc) is 2.48. The SMILES string of the molecule is COc1ccc(C(O)Cc2ccc([N+](=O)[O-])cc2)cc1. The fourth-order valence-electron chi connectivity index (χ4n) is 1.92. The molecule has 1 atom stereocenters. The molecule has 0 aliphatic carbocycles. The molecule has 0 aliphatic rings. The summed E-state index contributed by atoms with van der Waals surface area (Å²) < 4.78 is 5.06. The Morgan fingerprint density at radius 3 is 2.25 bits per heavy atom. The summed E-state index contributed by atoms with van der Waals surface area (Å²) in [5.41, 5.74) is 1.68. The van der Waals surface area contributed by atoms with Crippen molar-refractivity contribution in [1.29, 1.82) is 0 Å². The van der Waals surface area contributed by atoms with Crippen molar-refractivity contribution >= 4 is 5.69 Å². The summed E-state index contributed by atoms with van der Waals surface area (Å²) in [5.74, 6) is 0.733. The second kappa shape index (κ2) is 6.16. The van der Waals surface area contributed by atoms with Gasteiger partial charge in [-0.25, -0.2) is 0 Å². The molecule has 2 rings (SSSR count). The number of benzene rings is 2. The molecule has 0 fully saturated rings. The van der Waals surface area contributed by atoms with Crippen LogP contribution in [0.2, 0.25) is 0 Å². The second-order valence-electron chi connectivity index (χ2n) is 4.42. The smallest absolute Gasteiger partial charge is 0.269 e. The van der Waals surface area contributed by atoms with Gasteiger partial charge in [0.25, 0.3) is 5.69 Å². The van der Waals surface area contributed by atoms with E-state index in [0.29, 0.717) is 6.42 Å². The number of ether oxygens (including phenoxy) is 1. The fourth-order valence-corrected chi connectivity index (χ4v) is 1.92. The topological polar surface area (TPSA) is 72.6 Å². The molecule has 5 heteroatoms. The van der Waals surface area contributed by atoms with Gasteiger partial charge < -0.3 is 9.84 Å². The molecular formula is C15H15NO4. The highest BCUT2D eigenvalue weighted by atomic mass is 16.6. The predicted molar refractivity (Wildman–Crippen MR) is 74.8 cm³/mol. The summed E-state index contributed by atoms with van der Waals surface area (Å²) in [7, 11) is 1.59. The average molecular weight is 273 g/mol. The van der Waals surface area contributed by atoms with Crippen LogP contribution in [-0.2, 0) is 6.42 Å². The maximum absolute atomic E-state index is 10.6. The summed E-state index contributed by atoms with van der Waals surface area (Å²) in [6.07, 6.45) is -0.244. The van der Waals surface area contributed by atoms with E-state index in [4.69, 9.17) is 4.74 Å². The molecule has 0 radical (unpaired) electrons. The first-order valence-corrected chi connectivity index (χ1v) is 6.15. The zero-order valence-electron chi connectivity index (χ0n) is 11.0. The zero-order valence-corrected chi connectivity index (χ0v) is 11.0. The van der Waals surface area contributed by atoms with Gasteiger partial charge in [0.05, 0.1) is 18.1 Å². The van der Waals surface area contributed by atoms with E-state index >= 15 is 0 Å². The minimum atomic E-state index is -0.651. The first-order chi connectivity index (χ1) is 9.60. The molecule has 0 saturated heterocycles. The first kappa shape index (κ1) is 14.0. The summed E-state index contributed by atoms with van der Waals surface area (Å²) in [5, 5.41) is 20.7. The largest absolute Gasteiger partial charge is 0.497 e. The Morgan fingerprint density at radius 1 is 1.15 bits per heavy atom. The molecule has 0 aromatic heterocycles. The van der Waals surface area contributed by atoms with Crippen molar-refractivity contribution in [2.24, 2.45) is 0 Å². The lowest BCUT2D eigenvalue weighted by molar-refractivity contribution is -0.384. The van der Waals surface area contributed by atoms with Gasteiger partial charge in [-0.1, -0.05) is 24.3 Å². The number of hydrogen-bond acceptors (Lipinski definition) is 4. The van der Waals surface area contributed by atoms with Crippen molar-refractivity contribution in [3.8, 4) is 5.75 Å². The highest BCUT2D eigenvalue weighted by Gasteiger charge is 2.10. The molecule has 0 saturated carbocycles. The van der Waals surface area contributed by atoms with Crippen LogP contribution in [0.3, 0.4) is 0 Å². The molecule has 20 heavy (non-hydrogen) atoms. The molecule has 2 aromatic carbocycles. The Morgan fingerprint density at radius 2 is 1.75 bits per heavy atom. The maximum Gasteiger partial charge on any atom is 0.269 e. The molecular weight excluding hydrogens is 258 g/mol. The summed E-state index contributed by atoms with van der Waals surface area (Å²) in [6, 6.07) is 13.4. The van der Waals surface area contributed by atoms with Gasteiger partial charge in [-0.2, -0.15) is 0 Å². The number of rotatable bonds is 5. The first-order valence-electron chi connectivity index (χ1n) is 6.15. The summed E-state index contributed by atoms with van der Waals surface area (Å²) in [6.45, 7) is 0. The monoisotopic (exact) mass is 273 g/mol. The van der Waals surface area contributed by atoms with Gasteiger partial charge in [-0.3, -0.25) is 10.1 Å². The van der Waals surface area contributed by atoms with Crippen molar-refractivity contribution in [3.05, 3.63) is 69.8 Å². The van der Waals surface area contributed by atoms with Crippen LogP contribution in [0.25, 0.3) is 0 Å². The molecule has 2 aromatic rings. The van der Waals surface area contributed by atoms with E-state index in [-0.39, 0.29) is 5.69 Å². The highest BCUT2D eigenvalue weighted by Crippen LogP contribution is 2.22. The number of aliphatic hydroxyl groups is 1. The van der Waals surface area contributed by atoms with E-state index in [9.17, 15) is 15.2 Å². The zero-order chi connectivity index (χ0) is 14.5. The molecule has 0 heterocycles. The van der Waals surface area contributed by atoms with Gasteiger partial charge in [0.15, 0.2) is 0 Å². The lowest BCUT2D eigenvalue weighted by atomic mass is 10.0. The molecule has 5 nitrogen and oxygen atoms in total. The molecule has 1 unspecified atom stereocenters. The Balaban J connectivity index is 2.06. The van der Waals surface area contributed by atoms with Crippen LogP contribution in [0.1, 0.15) is 17.2 Å². The molecule has 0 amide bonds. The molecule has 0 bridgehead atoms. The summed E-state index contributed by atoms with van der Waals surface area (Å²) >= 11 is 0. The molecule has 1 N–H and O–H groups in total. The van der Waals surface area contributed by atoms with Gasteiger partial charge in [0, 0.05) is 18.6 Å². The van der Waals surface area contributed by atoms with Gasteiger partial charge in [-0.05, 0) is 23.3 Å². The van der Waals surface area contributed by atoms with Crippen LogP contribution in [0.5, 0.6) is 5.75 Å². The van der Waals surface area contributed by atoms with Crippen LogP contribution in [-0.4, -0.2) is 17.1 Å². The lowest BCUT2D eigenvalue weighted by Crippen LogP contribution is -2.02. The third-order valence-electron chi connectivity index (χ3n) is 3.08. The van der Waals surface area contributed by atoms with Crippen molar-refractivity contribution in [1.82, 2.24) is 0 Å². The van der Waals surface area contributed by atoms with E-state index in [0.717, 1.165) is 16.9 Å². The molecule has 0 spiro atoms. The van der Waals surface area contributed by atoms with Gasteiger partial charge in [0.2, 0.25) is 0 Å². The van der Waals surface area contributed by atoms with E-state index < -0.39 is 11.0 Å². The van der Waals surface area contributed by atoms with Gasteiger partial charge in [-0.15, -0.1) is 0 Å². The summed E-state index contributed by atoms with van der Waals surface area (Å²) in [4.78, 5) is 10.1. The highest BCUT2D eigenvalue weighted by molar-refractivity contribution is 5.34. The fraction of sp³-hybridized carbons (Fsp3) is 0.200. The second-order valence-corrected chi connectivity index (χ2v) is 4.42. The van der Waals surface area contributed by atoms with E-state index in [1.807, 2.05) is 0 Å². The van der Waals surface area contributed by atoms with E-state index in [1.165, 1.54) is 12.1 Å². The third kappa shape index (κ3) is 3.33. The number of hydrogen-bond donors (Lipinski definition) is 1. The van der Waals surface area contributed by atoms with Crippen molar-refractivity contribution in [2.45, 2.75) is 12.5 Å². The minimum Gasteiger partial charge on any atom is -0.497 e. The van der Waals surface area contributed by atoms with Crippen LogP contribution < -0.4 is 4.74 Å². The number of aliphatic hydroxyl groups excluding tert-OH is 1. The van der Waals surface area contributed by atoms with Crippen molar-refractivity contribution < 1.29 is 14.8 Å². The normalized spacial score (nSPS) is 11.9. The number of nitro groups is 1. The standard InChI is InChI=1S/C15H15NO4/c1-20-14-8-4-12(5-9-14)15(17)10-11-2-6-13(7-3-11)16(18)19/h2-9,15,17H,10H2,1H3. The minimum absolute atomic E-state index is 0.0488. The Labute approximate surface area is 116 Å². The van der Waals surface area contributed by atoms with E-state index in [2.05, 4.69) is 0 Å². The number of methoxy groups -OCH3 is 1. The maximum atomic E-state index is 10.6. The quantitative estimate of drug-likeness (QED) is 0.671. The number of nitro benzene ring substituents is 1. The third-order valence-corrected chi connectivity index (χ3v) is 3.08. The van der Waals surface area contributed by atoms with E-state index in [1.54, 1.807) is 43.5 Å². The van der Waals surface area contributed by atoms with Crippen LogP contribution >= 0.6 is 0 Å². The van der Waals surface area contributed by atoms with Gasteiger partial charge >= 0.3 is 0 Å². The lowest BCUT2D eigenvalue weighted by Gasteiger charge is -2.11. The number of non-ortho nitro benzene ring substituents is 1. The van der Waals surface area contributed by atoms with Crippen LogP contribution in [0, 0.1) is 10.1 Å². The molecule has 0 aliphatic heterocycles. The van der Waals surface area contributed by atoms with Crippen molar-refractivity contribution in [3.63, 3.8) is 0 Å². The van der Waals surface area contributed by atoms with Crippen LogP contribution in [0.15, 0.2) is 48.5 Å². The van der Waals surface area contributed by atoms with Crippen LogP contribution in [0.4, 0.5) is 5.69 Å². The Kier molecular flexibility index (Phi) is 4.32. The van der Waals surface area contributed by atoms with Gasteiger partial charge in [0.1, 0.15) is 5.75 Å². The van der Waals surface area contributed by atoms with Crippen molar-refractivity contribution in [2.75, 3.05) is 7.11 Å². The Bertz CT molecular complexity index is 578. The predicted octanol–water partition coefficient (Wildman–Crippen LogP) is 2.88. The Hall–Kier alpha value is -2.40. The molecule has 104 valence electrons. The number of nitrogens with zero attached hydrogens (tertiary/aromatic N) is 1.